The number of aromatic nitrogens is 1. The lowest BCUT2D eigenvalue weighted by Crippen LogP contribution is -2.10. The number of benzene rings is 1. The zero-order valence-electron chi connectivity index (χ0n) is 11.9. The van der Waals surface area contributed by atoms with E-state index in [1.54, 1.807) is 11.3 Å². The van der Waals surface area contributed by atoms with Crippen LogP contribution in [0.1, 0.15) is 37.0 Å². The fraction of sp³-hybridized carbons (Fsp3) is 0.400. The van der Waals surface area contributed by atoms with Crippen LogP contribution in [0, 0.1) is 6.92 Å². The Balaban J connectivity index is 2.04. The van der Waals surface area contributed by atoms with Gasteiger partial charge in [0.2, 0.25) is 0 Å². The molecule has 4 heteroatoms. The maximum absolute atomic E-state index is 5.77. The van der Waals surface area contributed by atoms with Crippen molar-refractivity contribution in [3.63, 3.8) is 0 Å². The fourth-order valence-electron chi connectivity index (χ4n) is 1.70. The molecule has 1 aromatic carbocycles. The van der Waals surface area contributed by atoms with Gasteiger partial charge in [-0.25, -0.2) is 4.98 Å². The number of anilines is 1. The molecule has 102 valence electrons. The molecule has 0 spiro atoms. The van der Waals surface area contributed by atoms with Gasteiger partial charge in [-0.2, -0.15) is 0 Å². The van der Waals surface area contributed by atoms with Gasteiger partial charge < -0.3 is 5.73 Å². The third-order valence-corrected chi connectivity index (χ3v) is 5.29. The molecule has 0 atom stereocenters. The van der Waals surface area contributed by atoms with Crippen molar-refractivity contribution in [1.82, 2.24) is 4.98 Å². The summed E-state index contributed by atoms with van der Waals surface area (Å²) in [5, 5.41) is 3.37. The van der Waals surface area contributed by atoms with E-state index in [1.807, 2.05) is 23.9 Å². The van der Waals surface area contributed by atoms with Crippen molar-refractivity contribution < 1.29 is 0 Å². The molecule has 0 fully saturated rings. The molecule has 0 unspecified atom stereocenters. The molecular weight excluding hydrogens is 272 g/mol. The molecule has 2 N–H and O–H groups in total. The van der Waals surface area contributed by atoms with Crippen molar-refractivity contribution in [3.05, 3.63) is 39.8 Å². The smallest absolute Gasteiger partial charge is 0.0982 e. The molecule has 2 aromatic rings. The van der Waals surface area contributed by atoms with E-state index in [0.717, 1.165) is 17.1 Å². The second-order valence-corrected chi connectivity index (χ2v) is 7.58. The molecule has 0 amide bonds. The highest BCUT2D eigenvalue weighted by atomic mass is 32.2. The van der Waals surface area contributed by atoms with Crippen LogP contribution in [0.2, 0.25) is 0 Å². The lowest BCUT2D eigenvalue weighted by Gasteiger charge is -2.13. The Bertz CT molecular complexity index is 568. The highest BCUT2D eigenvalue weighted by Crippen LogP contribution is 2.30. The Morgan fingerprint density at radius 1 is 1.32 bits per heavy atom. The molecule has 0 saturated heterocycles. The number of nitrogens with two attached hydrogens (primary N) is 1. The van der Waals surface area contributed by atoms with Crippen molar-refractivity contribution in [3.8, 4) is 0 Å². The third-order valence-electron chi connectivity index (χ3n) is 2.77. The van der Waals surface area contributed by atoms with Gasteiger partial charge in [-0.05, 0) is 30.7 Å². The van der Waals surface area contributed by atoms with Gasteiger partial charge in [0.05, 0.1) is 10.7 Å². The standard InChI is InChI=1S/C15H20N2S2/c1-10-7-11(16)5-6-13(10)18-8-12-9-19-14(17-12)15(2,3)4/h5-7,9H,8,16H2,1-4H3. The predicted octanol–water partition coefficient (Wildman–Crippen LogP) is 4.62. The van der Waals surface area contributed by atoms with Crippen molar-refractivity contribution in [2.75, 3.05) is 5.73 Å². The van der Waals surface area contributed by atoms with E-state index in [-0.39, 0.29) is 5.41 Å². The van der Waals surface area contributed by atoms with Crippen LogP contribution in [0.25, 0.3) is 0 Å². The van der Waals surface area contributed by atoms with Crippen molar-refractivity contribution in [1.29, 1.82) is 0 Å². The molecule has 2 nitrogen and oxygen atoms in total. The first-order valence-corrected chi connectivity index (χ1v) is 8.16. The normalized spacial score (nSPS) is 11.8. The first-order valence-electron chi connectivity index (χ1n) is 6.30. The van der Waals surface area contributed by atoms with E-state index in [1.165, 1.54) is 15.5 Å². The van der Waals surface area contributed by atoms with Crippen LogP contribution in [0.15, 0.2) is 28.5 Å². The highest BCUT2D eigenvalue weighted by molar-refractivity contribution is 7.98. The number of aryl methyl sites for hydroxylation is 1. The lowest BCUT2D eigenvalue weighted by molar-refractivity contribution is 0.584. The molecule has 1 aromatic heterocycles. The molecule has 0 saturated carbocycles. The number of nitrogens with zero attached hydrogens (tertiary/aromatic N) is 1. The molecule has 0 radical (unpaired) electrons. The molecule has 0 aliphatic heterocycles. The van der Waals surface area contributed by atoms with E-state index < -0.39 is 0 Å². The quantitative estimate of drug-likeness (QED) is 0.662. The van der Waals surface area contributed by atoms with Gasteiger partial charge in [-0.1, -0.05) is 20.8 Å². The Morgan fingerprint density at radius 2 is 2.05 bits per heavy atom. The second kappa shape index (κ2) is 5.55. The summed E-state index contributed by atoms with van der Waals surface area (Å²) in [6, 6.07) is 6.06. The van der Waals surface area contributed by atoms with Gasteiger partial charge in [0.1, 0.15) is 0 Å². The van der Waals surface area contributed by atoms with E-state index in [0.29, 0.717) is 0 Å². The molecule has 0 bridgehead atoms. The number of rotatable bonds is 3. The Hall–Kier alpha value is -1.00. The number of hydrogen-bond acceptors (Lipinski definition) is 4. The summed E-state index contributed by atoms with van der Waals surface area (Å²) in [6.45, 7) is 8.70. The van der Waals surface area contributed by atoms with Crippen molar-refractivity contribution in [2.24, 2.45) is 0 Å². The van der Waals surface area contributed by atoms with Gasteiger partial charge in [0.25, 0.3) is 0 Å². The lowest BCUT2D eigenvalue weighted by atomic mass is 9.98. The third kappa shape index (κ3) is 3.74. The van der Waals surface area contributed by atoms with Crippen LogP contribution in [-0.2, 0) is 11.2 Å². The molecule has 1 heterocycles. The van der Waals surface area contributed by atoms with Crippen molar-refractivity contribution in [2.45, 2.75) is 43.8 Å². The van der Waals surface area contributed by atoms with Crippen LogP contribution in [0.5, 0.6) is 0 Å². The summed E-state index contributed by atoms with van der Waals surface area (Å²) >= 11 is 3.58. The minimum atomic E-state index is 0.144. The van der Waals surface area contributed by atoms with Gasteiger partial charge in [0.15, 0.2) is 0 Å². The molecule has 19 heavy (non-hydrogen) atoms. The van der Waals surface area contributed by atoms with Crippen LogP contribution >= 0.6 is 23.1 Å². The average Bonchev–Trinajstić information content (AvgIpc) is 2.76. The van der Waals surface area contributed by atoms with Gasteiger partial charge >= 0.3 is 0 Å². The number of thioether (sulfide) groups is 1. The first-order chi connectivity index (χ1) is 8.86. The van der Waals surface area contributed by atoms with E-state index in [2.05, 4.69) is 39.1 Å². The monoisotopic (exact) mass is 292 g/mol. The number of thiazole rings is 1. The van der Waals surface area contributed by atoms with Gasteiger partial charge in [-0.3, -0.25) is 0 Å². The summed E-state index contributed by atoms with van der Waals surface area (Å²) in [5.41, 5.74) is 9.13. The van der Waals surface area contributed by atoms with Crippen LogP contribution in [0.3, 0.4) is 0 Å². The van der Waals surface area contributed by atoms with Crippen LogP contribution in [-0.4, -0.2) is 4.98 Å². The summed E-state index contributed by atoms with van der Waals surface area (Å²) in [6.07, 6.45) is 0. The van der Waals surface area contributed by atoms with Crippen molar-refractivity contribution >= 4 is 28.8 Å². The number of nitrogen functional groups attached to an aromatic ring is 1. The minimum absolute atomic E-state index is 0.144. The first kappa shape index (κ1) is 14.4. The fourth-order valence-corrected chi connectivity index (χ4v) is 3.62. The van der Waals surface area contributed by atoms with Gasteiger partial charge in [0, 0.05) is 27.1 Å². The zero-order chi connectivity index (χ0) is 14.0. The molecular formula is C15H20N2S2. The van der Waals surface area contributed by atoms with Crippen LogP contribution in [0.4, 0.5) is 5.69 Å². The average molecular weight is 292 g/mol. The Kier molecular flexibility index (Phi) is 4.21. The SMILES string of the molecule is Cc1cc(N)ccc1SCc1csc(C(C)(C)C)n1. The molecule has 0 aliphatic rings. The Labute approximate surface area is 123 Å². The summed E-state index contributed by atoms with van der Waals surface area (Å²) < 4.78 is 0. The second-order valence-electron chi connectivity index (χ2n) is 5.71. The molecule has 0 aliphatic carbocycles. The van der Waals surface area contributed by atoms with E-state index in [9.17, 15) is 0 Å². The summed E-state index contributed by atoms with van der Waals surface area (Å²) in [4.78, 5) is 5.99. The maximum Gasteiger partial charge on any atom is 0.0982 e. The largest absolute Gasteiger partial charge is 0.399 e. The topological polar surface area (TPSA) is 38.9 Å². The highest BCUT2D eigenvalue weighted by Gasteiger charge is 2.17. The van der Waals surface area contributed by atoms with E-state index in [4.69, 9.17) is 10.7 Å². The van der Waals surface area contributed by atoms with E-state index >= 15 is 0 Å². The summed E-state index contributed by atoms with van der Waals surface area (Å²) in [7, 11) is 0. The van der Waals surface area contributed by atoms with Gasteiger partial charge in [-0.15, -0.1) is 23.1 Å². The van der Waals surface area contributed by atoms with Crippen LogP contribution < -0.4 is 5.73 Å². The maximum atomic E-state index is 5.77. The predicted molar refractivity (Wildman–Crippen MR) is 86.0 cm³/mol. The number of hydrogen-bond donors (Lipinski definition) is 1. The zero-order valence-corrected chi connectivity index (χ0v) is 13.5. The Morgan fingerprint density at radius 3 is 2.63 bits per heavy atom. The summed E-state index contributed by atoms with van der Waals surface area (Å²) in [5.74, 6) is 0.914. The minimum Gasteiger partial charge on any atom is -0.399 e. The molecule has 2 rings (SSSR count).